The molecular weight excluding hydrogens is 376 g/mol. The highest BCUT2D eigenvalue weighted by molar-refractivity contribution is 5.84. The van der Waals surface area contributed by atoms with Gasteiger partial charge in [-0.2, -0.15) is 0 Å². The Morgan fingerprint density at radius 2 is 1.93 bits per heavy atom. The van der Waals surface area contributed by atoms with E-state index in [2.05, 4.69) is 41.8 Å². The summed E-state index contributed by atoms with van der Waals surface area (Å²) in [6.45, 7) is 6.01. The summed E-state index contributed by atoms with van der Waals surface area (Å²) >= 11 is 0. The predicted molar refractivity (Wildman–Crippen MR) is 123 cm³/mol. The van der Waals surface area contributed by atoms with Crippen molar-refractivity contribution in [2.75, 3.05) is 33.3 Å². The maximum absolute atomic E-state index is 12.1. The van der Waals surface area contributed by atoms with Crippen molar-refractivity contribution in [2.24, 2.45) is 4.99 Å². The van der Waals surface area contributed by atoms with Crippen molar-refractivity contribution in [1.29, 1.82) is 0 Å². The van der Waals surface area contributed by atoms with E-state index in [0.717, 1.165) is 62.5 Å². The molecule has 1 aliphatic heterocycles. The topological polar surface area (TPSA) is 66.0 Å². The quantitative estimate of drug-likeness (QED) is 0.396. The van der Waals surface area contributed by atoms with Gasteiger partial charge < -0.3 is 20.3 Å². The van der Waals surface area contributed by atoms with Crippen LogP contribution in [0.5, 0.6) is 5.75 Å². The molecular formula is C24H34N4O2. The lowest BCUT2D eigenvalue weighted by Gasteiger charge is -2.20. The number of guanidine groups is 1. The van der Waals surface area contributed by atoms with E-state index in [0.29, 0.717) is 18.9 Å². The molecule has 1 saturated heterocycles. The third-order valence-electron chi connectivity index (χ3n) is 5.44. The number of aliphatic imine (C=N–C) groups is 1. The van der Waals surface area contributed by atoms with E-state index in [1.807, 2.05) is 17.0 Å². The van der Waals surface area contributed by atoms with Crippen LogP contribution in [0, 0.1) is 0 Å². The van der Waals surface area contributed by atoms with Crippen LogP contribution < -0.4 is 15.4 Å². The van der Waals surface area contributed by atoms with Gasteiger partial charge in [-0.15, -0.1) is 0 Å². The van der Waals surface area contributed by atoms with Gasteiger partial charge in [-0.25, -0.2) is 4.99 Å². The Kier molecular flexibility index (Phi) is 8.36. The summed E-state index contributed by atoms with van der Waals surface area (Å²) in [7, 11) is 1.69. The Labute approximate surface area is 179 Å². The third kappa shape index (κ3) is 6.37. The highest BCUT2D eigenvalue weighted by Gasteiger charge is 2.15. The van der Waals surface area contributed by atoms with Crippen LogP contribution in [-0.4, -0.2) is 50.1 Å². The van der Waals surface area contributed by atoms with Gasteiger partial charge in [-0.3, -0.25) is 4.79 Å². The fourth-order valence-corrected chi connectivity index (χ4v) is 3.76. The molecule has 6 nitrogen and oxygen atoms in total. The lowest BCUT2D eigenvalue weighted by atomic mass is 10.1. The van der Waals surface area contributed by atoms with E-state index in [4.69, 9.17) is 9.73 Å². The summed E-state index contributed by atoms with van der Waals surface area (Å²) in [5.41, 5.74) is 1.17. The average Bonchev–Trinajstić information content (AvgIpc) is 2.98. The highest BCUT2D eigenvalue weighted by Crippen LogP contribution is 2.22. The Balaban J connectivity index is 1.52. The molecule has 0 unspecified atom stereocenters. The van der Waals surface area contributed by atoms with Crippen molar-refractivity contribution in [1.82, 2.24) is 15.5 Å². The van der Waals surface area contributed by atoms with Crippen LogP contribution in [0.15, 0.2) is 41.4 Å². The molecule has 162 valence electrons. The van der Waals surface area contributed by atoms with Crippen LogP contribution in [-0.2, 0) is 11.3 Å². The predicted octanol–water partition coefficient (Wildman–Crippen LogP) is 3.70. The number of hydrogen-bond donors (Lipinski definition) is 2. The Morgan fingerprint density at radius 1 is 1.10 bits per heavy atom. The zero-order valence-electron chi connectivity index (χ0n) is 18.2. The smallest absolute Gasteiger partial charge is 0.222 e. The van der Waals surface area contributed by atoms with Gasteiger partial charge in [-0.05, 0) is 60.7 Å². The summed E-state index contributed by atoms with van der Waals surface area (Å²) < 4.78 is 5.30. The van der Waals surface area contributed by atoms with Crippen LogP contribution in [0.1, 0.15) is 44.6 Å². The lowest BCUT2D eigenvalue weighted by Crippen LogP contribution is -2.39. The third-order valence-corrected chi connectivity index (χ3v) is 5.44. The molecule has 3 rings (SSSR count). The minimum absolute atomic E-state index is 0.307. The van der Waals surface area contributed by atoms with Gasteiger partial charge in [0.1, 0.15) is 5.75 Å². The van der Waals surface area contributed by atoms with Crippen molar-refractivity contribution < 1.29 is 9.53 Å². The zero-order chi connectivity index (χ0) is 21.2. The summed E-state index contributed by atoms with van der Waals surface area (Å²) in [6, 6.07) is 12.5. The molecule has 0 radical (unpaired) electrons. The van der Waals surface area contributed by atoms with Crippen LogP contribution in [0.4, 0.5) is 0 Å². The minimum Gasteiger partial charge on any atom is -0.497 e. The largest absolute Gasteiger partial charge is 0.497 e. The second kappa shape index (κ2) is 11.4. The Bertz CT molecular complexity index is 865. The number of methoxy groups -OCH3 is 1. The molecule has 2 aromatic carbocycles. The first-order valence-corrected chi connectivity index (χ1v) is 11.1. The number of amides is 1. The molecule has 1 fully saturated rings. The molecule has 0 saturated carbocycles. The standard InChI is InChI=1S/C24H34N4O2/c1-3-25-24(26-13-7-15-28-14-6-4-5-8-23(28)29)27-18-19-9-10-21-17-22(30-2)12-11-20(21)16-19/h9-12,16-17H,3-8,13-15,18H2,1-2H3,(H2,25,26,27). The number of likely N-dealkylation sites (tertiary alicyclic amines) is 1. The van der Waals surface area contributed by atoms with Gasteiger partial charge in [0.2, 0.25) is 5.91 Å². The number of carbonyl (C=O) groups is 1. The molecule has 0 bridgehead atoms. The second-order valence-electron chi connectivity index (χ2n) is 7.71. The summed E-state index contributed by atoms with van der Waals surface area (Å²) in [4.78, 5) is 18.8. The number of rotatable bonds is 8. The molecule has 2 N–H and O–H groups in total. The normalized spacial score (nSPS) is 15.2. The molecule has 0 atom stereocenters. The lowest BCUT2D eigenvalue weighted by molar-refractivity contribution is -0.130. The van der Waals surface area contributed by atoms with Gasteiger partial charge in [0.25, 0.3) is 0 Å². The maximum atomic E-state index is 12.1. The molecule has 0 aliphatic carbocycles. The SMILES string of the molecule is CCNC(=NCc1ccc2cc(OC)ccc2c1)NCCCN1CCCCCC1=O. The zero-order valence-corrected chi connectivity index (χ0v) is 18.2. The fraction of sp³-hybridized carbons (Fsp3) is 0.500. The first-order chi connectivity index (χ1) is 14.7. The van der Waals surface area contributed by atoms with Gasteiger partial charge >= 0.3 is 0 Å². The molecule has 2 aromatic rings. The summed E-state index contributed by atoms with van der Waals surface area (Å²) in [5, 5.41) is 9.05. The molecule has 1 amide bonds. The van der Waals surface area contributed by atoms with E-state index in [9.17, 15) is 4.79 Å². The van der Waals surface area contributed by atoms with E-state index in [1.54, 1.807) is 7.11 Å². The van der Waals surface area contributed by atoms with E-state index in [-0.39, 0.29) is 0 Å². The first kappa shape index (κ1) is 21.9. The van der Waals surface area contributed by atoms with Gasteiger partial charge in [0, 0.05) is 32.6 Å². The number of fused-ring (bicyclic) bond motifs is 1. The van der Waals surface area contributed by atoms with E-state index >= 15 is 0 Å². The van der Waals surface area contributed by atoms with Crippen molar-refractivity contribution in [3.05, 3.63) is 42.0 Å². The van der Waals surface area contributed by atoms with Gasteiger partial charge in [0.15, 0.2) is 5.96 Å². The number of carbonyl (C=O) groups excluding carboxylic acids is 1. The Hall–Kier alpha value is -2.76. The van der Waals surface area contributed by atoms with Crippen LogP contribution in [0.2, 0.25) is 0 Å². The minimum atomic E-state index is 0.307. The number of hydrogen-bond acceptors (Lipinski definition) is 3. The second-order valence-corrected chi connectivity index (χ2v) is 7.71. The molecule has 30 heavy (non-hydrogen) atoms. The summed E-state index contributed by atoms with van der Waals surface area (Å²) in [6.07, 6.45) is 4.96. The number of nitrogens with one attached hydrogen (secondary N) is 2. The van der Waals surface area contributed by atoms with Gasteiger partial charge in [0.05, 0.1) is 13.7 Å². The molecule has 0 spiro atoms. The van der Waals surface area contributed by atoms with Crippen molar-refractivity contribution >= 4 is 22.6 Å². The molecule has 1 heterocycles. The number of ether oxygens (including phenoxy) is 1. The van der Waals surface area contributed by atoms with Crippen molar-refractivity contribution in [3.8, 4) is 5.75 Å². The maximum Gasteiger partial charge on any atom is 0.222 e. The average molecular weight is 411 g/mol. The Morgan fingerprint density at radius 3 is 2.77 bits per heavy atom. The molecule has 1 aliphatic rings. The fourth-order valence-electron chi connectivity index (χ4n) is 3.76. The van der Waals surface area contributed by atoms with Crippen LogP contribution >= 0.6 is 0 Å². The highest BCUT2D eigenvalue weighted by atomic mass is 16.5. The van der Waals surface area contributed by atoms with E-state index in [1.165, 1.54) is 17.4 Å². The van der Waals surface area contributed by atoms with E-state index < -0.39 is 0 Å². The first-order valence-electron chi connectivity index (χ1n) is 11.1. The molecule has 6 heteroatoms. The van der Waals surface area contributed by atoms with Crippen molar-refractivity contribution in [3.63, 3.8) is 0 Å². The van der Waals surface area contributed by atoms with Crippen LogP contribution in [0.3, 0.4) is 0 Å². The molecule has 0 aromatic heterocycles. The van der Waals surface area contributed by atoms with Gasteiger partial charge in [-0.1, -0.05) is 24.6 Å². The monoisotopic (exact) mass is 410 g/mol. The van der Waals surface area contributed by atoms with Crippen LogP contribution in [0.25, 0.3) is 10.8 Å². The number of benzene rings is 2. The summed E-state index contributed by atoms with van der Waals surface area (Å²) in [5.74, 6) is 1.99. The number of nitrogens with zero attached hydrogens (tertiary/aromatic N) is 2. The van der Waals surface area contributed by atoms with Crippen molar-refractivity contribution in [2.45, 2.75) is 45.6 Å².